The lowest BCUT2D eigenvalue weighted by Gasteiger charge is -2.03. The van der Waals surface area contributed by atoms with Gasteiger partial charge in [0, 0.05) is 28.8 Å². The SMILES string of the molecule is Br.NS(=O)(=O)c1ccc(Nc2nc(-c3cccc([N+](=O)[O-])c3)cs2)cc1. The third-order valence-electron chi connectivity index (χ3n) is 3.29. The van der Waals surface area contributed by atoms with E-state index in [-0.39, 0.29) is 27.6 Å². The molecule has 2 aromatic carbocycles. The number of halogens is 1. The van der Waals surface area contributed by atoms with Gasteiger partial charge in [0.05, 0.1) is 15.5 Å². The lowest BCUT2D eigenvalue weighted by atomic mass is 10.1. The fourth-order valence-corrected chi connectivity index (χ4v) is 3.35. The molecule has 0 atom stereocenters. The van der Waals surface area contributed by atoms with Gasteiger partial charge in [-0.1, -0.05) is 12.1 Å². The van der Waals surface area contributed by atoms with Crippen LogP contribution in [0.15, 0.2) is 58.8 Å². The maximum atomic E-state index is 11.2. The van der Waals surface area contributed by atoms with Crippen molar-refractivity contribution in [3.8, 4) is 11.3 Å². The summed E-state index contributed by atoms with van der Waals surface area (Å²) in [7, 11) is -3.73. The molecule has 0 spiro atoms. The van der Waals surface area contributed by atoms with Crippen molar-refractivity contribution >= 4 is 54.8 Å². The van der Waals surface area contributed by atoms with Gasteiger partial charge in [0.2, 0.25) is 10.0 Å². The van der Waals surface area contributed by atoms with Gasteiger partial charge < -0.3 is 5.32 Å². The van der Waals surface area contributed by atoms with Gasteiger partial charge in [0.25, 0.3) is 5.69 Å². The number of nitrogens with one attached hydrogen (secondary N) is 1. The standard InChI is InChI=1S/C15H12N4O4S2.BrH/c16-25(22,23)13-6-4-11(5-7-13)17-15-18-14(9-24-15)10-2-1-3-12(8-10)19(20)21;/h1-9H,(H,17,18)(H2,16,22,23);1H. The number of hydrogen-bond acceptors (Lipinski definition) is 7. The van der Waals surface area contributed by atoms with Crippen LogP contribution in [-0.2, 0) is 10.0 Å². The Morgan fingerprint density at radius 1 is 1.15 bits per heavy atom. The first-order chi connectivity index (χ1) is 11.8. The minimum Gasteiger partial charge on any atom is -0.332 e. The van der Waals surface area contributed by atoms with E-state index in [0.29, 0.717) is 22.1 Å². The van der Waals surface area contributed by atoms with Crippen molar-refractivity contribution in [2.75, 3.05) is 5.32 Å². The number of anilines is 2. The molecule has 0 saturated heterocycles. The Morgan fingerprint density at radius 2 is 1.85 bits per heavy atom. The fourth-order valence-electron chi connectivity index (χ4n) is 2.09. The lowest BCUT2D eigenvalue weighted by molar-refractivity contribution is -0.384. The first-order valence-electron chi connectivity index (χ1n) is 6.93. The van der Waals surface area contributed by atoms with E-state index in [1.165, 1.54) is 35.6 Å². The highest BCUT2D eigenvalue weighted by Gasteiger charge is 2.11. The Bertz CT molecular complexity index is 1040. The molecule has 0 radical (unpaired) electrons. The van der Waals surface area contributed by atoms with E-state index >= 15 is 0 Å². The molecule has 0 amide bonds. The van der Waals surface area contributed by atoms with Gasteiger partial charge in [-0.25, -0.2) is 18.5 Å². The number of aromatic nitrogens is 1. The minimum atomic E-state index is -3.73. The van der Waals surface area contributed by atoms with Gasteiger partial charge in [0.15, 0.2) is 5.13 Å². The number of non-ortho nitro benzene ring substituents is 1. The van der Waals surface area contributed by atoms with Crippen molar-refractivity contribution in [1.82, 2.24) is 4.98 Å². The minimum absolute atomic E-state index is 0. The number of hydrogen-bond donors (Lipinski definition) is 2. The van der Waals surface area contributed by atoms with Gasteiger partial charge in [0.1, 0.15) is 0 Å². The molecule has 3 rings (SSSR count). The van der Waals surface area contributed by atoms with Crippen LogP contribution in [0, 0.1) is 10.1 Å². The average Bonchev–Trinajstić information content (AvgIpc) is 3.03. The van der Waals surface area contributed by atoms with E-state index in [4.69, 9.17) is 5.14 Å². The summed E-state index contributed by atoms with van der Waals surface area (Å²) in [6, 6.07) is 12.2. The Kier molecular flexibility index (Phi) is 6.08. The molecule has 0 saturated carbocycles. The van der Waals surface area contributed by atoms with E-state index in [0.717, 1.165) is 0 Å². The molecular weight excluding hydrogens is 444 g/mol. The molecule has 26 heavy (non-hydrogen) atoms. The monoisotopic (exact) mass is 456 g/mol. The Hall–Kier alpha value is -2.34. The van der Waals surface area contributed by atoms with E-state index < -0.39 is 14.9 Å². The molecule has 1 aromatic heterocycles. The molecule has 0 unspecified atom stereocenters. The topological polar surface area (TPSA) is 128 Å². The van der Waals surface area contributed by atoms with E-state index in [9.17, 15) is 18.5 Å². The second-order valence-corrected chi connectivity index (χ2v) is 7.46. The number of sulfonamides is 1. The first-order valence-corrected chi connectivity index (χ1v) is 9.36. The summed E-state index contributed by atoms with van der Waals surface area (Å²) in [5, 5.41) is 21.3. The van der Waals surface area contributed by atoms with Crippen LogP contribution in [0.2, 0.25) is 0 Å². The maximum absolute atomic E-state index is 11.2. The van der Waals surface area contributed by atoms with Gasteiger partial charge >= 0.3 is 0 Å². The fraction of sp³-hybridized carbons (Fsp3) is 0. The summed E-state index contributed by atoms with van der Waals surface area (Å²) < 4.78 is 22.5. The van der Waals surface area contributed by atoms with E-state index in [2.05, 4.69) is 10.3 Å². The van der Waals surface area contributed by atoms with Crippen molar-refractivity contribution in [2.24, 2.45) is 5.14 Å². The number of primary sulfonamides is 1. The molecule has 136 valence electrons. The van der Waals surface area contributed by atoms with Crippen LogP contribution >= 0.6 is 28.3 Å². The third kappa shape index (κ3) is 4.64. The van der Waals surface area contributed by atoms with Crippen molar-refractivity contribution in [3.63, 3.8) is 0 Å². The van der Waals surface area contributed by atoms with Gasteiger partial charge in [-0.15, -0.1) is 28.3 Å². The summed E-state index contributed by atoms with van der Waals surface area (Å²) in [5.74, 6) is 0. The van der Waals surface area contributed by atoms with Gasteiger partial charge in [-0.2, -0.15) is 0 Å². The molecule has 3 N–H and O–H groups in total. The van der Waals surface area contributed by atoms with Crippen molar-refractivity contribution in [3.05, 3.63) is 64.0 Å². The number of nitrogens with zero attached hydrogens (tertiary/aromatic N) is 2. The Labute approximate surface area is 163 Å². The number of rotatable bonds is 5. The Balaban J connectivity index is 0.00000243. The number of nitrogens with two attached hydrogens (primary N) is 1. The molecule has 8 nitrogen and oxygen atoms in total. The summed E-state index contributed by atoms with van der Waals surface area (Å²) >= 11 is 1.33. The predicted molar refractivity (Wildman–Crippen MR) is 106 cm³/mol. The molecule has 1 heterocycles. The quantitative estimate of drug-likeness (QED) is 0.444. The molecule has 0 aliphatic carbocycles. The zero-order chi connectivity index (χ0) is 18.0. The zero-order valence-electron chi connectivity index (χ0n) is 13.0. The molecule has 0 aliphatic heterocycles. The Morgan fingerprint density at radius 3 is 2.46 bits per heavy atom. The molecule has 11 heteroatoms. The van der Waals surface area contributed by atoms with Crippen LogP contribution in [0.5, 0.6) is 0 Å². The number of benzene rings is 2. The normalized spacial score (nSPS) is 10.8. The largest absolute Gasteiger partial charge is 0.332 e. The summed E-state index contributed by atoms with van der Waals surface area (Å²) in [5.41, 5.74) is 1.89. The summed E-state index contributed by atoms with van der Waals surface area (Å²) in [6.45, 7) is 0. The van der Waals surface area contributed by atoms with Crippen molar-refractivity contribution in [2.45, 2.75) is 4.90 Å². The molecular formula is C15H13BrN4O4S2. The second kappa shape index (κ2) is 7.91. The van der Waals surface area contributed by atoms with Crippen LogP contribution in [0.25, 0.3) is 11.3 Å². The molecule has 3 aromatic rings. The van der Waals surface area contributed by atoms with Crippen molar-refractivity contribution in [1.29, 1.82) is 0 Å². The van der Waals surface area contributed by atoms with Crippen LogP contribution < -0.4 is 10.5 Å². The highest BCUT2D eigenvalue weighted by Crippen LogP contribution is 2.29. The molecule has 0 fully saturated rings. The van der Waals surface area contributed by atoms with E-state index in [1.54, 1.807) is 29.6 Å². The summed E-state index contributed by atoms with van der Waals surface area (Å²) in [6.07, 6.45) is 0. The predicted octanol–water partition coefficient (Wildman–Crippen LogP) is 3.69. The molecule has 0 bridgehead atoms. The molecule has 0 aliphatic rings. The van der Waals surface area contributed by atoms with Crippen LogP contribution in [0.4, 0.5) is 16.5 Å². The lowest BCUT2D eigenvalue weighted by Crippen LogP contribution is -2.11. The second-order valence-electron chi connectivity index (χ2n) is 5.04. The first kappa shape index (κ1) is 20.0. The average molecular weight is 457 g/mol. The van der Waals surface area contributed by atoms with Gasteiger partial charge in [-0.3, -0.25) is 10.1 Å². The van der Waals surface area contributed by atoms with Crippen molar-refractivity contribution < 1.29 is 13.3 Å². The maximum Gasteiger partial charge on any atom is 0.270 e. The summed E-state index contributed by atoms with van der Waals surface area (Å²) in [4.78, 5) is 14.8. The van der Waals surface area contributed by atoms with Gasteiger partial charge in [-0.05, 0) is 24.3 Å². The number of nitro groups is 1. The smallest absolute Gasteiger partial charge is 0.270 e. The van der Waals surface area contributed by atoms with Crippen LogP contribution in [-0.4, -0.2) is 18.3 Å². The number of nitro benzene ring substituents is 1. The third-order valence-corrected chi connectivity index (χ3v) is 4.98. The van der Waals surface area contributed by atoms with E-state index in [1.807, 2.05) is 0 Å². The highest BCUT2D eigenvalue weighted by molar-refractivity contribution is 8.93. The van der Waals surface area contributed by atoms with Crippen LogP contribution in [0.3, 0.4) is 0 Å². The van der Waals surface area contributed by atoms with Crippen LogP contribution in [0.1, 0.15) is 0 Å². The zero-order valence-corrected chi connectivity index (χ0v) is 16.4. The number of thiazole rings is 1. The highest BCUT2D eigenvalue weighted by atomic mass is 79.9.